The standard InChI is InChI=1S/C14H21NO4/c1-14(2,10-18-3)15-7-8-19-12-6-4-5-11(9-12)13(16)17/h4-6,9,15H,7-8,10H2,1-3H3,(H,16,17). The van der Waals surface area contributed by atoms with E-state index in [0.717, 1.165) is 0 Å². The molecule has 0 aliphatic rings. The second kappa shape index (κ2) is 7.11. The normalized spacial score (nSPS) is 11.3. The number of carbonyl (C=O) groups is 1. The molecule has 0 aliphatic carbocycles. The Labute approximate surface area is 113 Å². The first-order valence-electron chi connectivity index (χ1n) is 6.15. The number of benzene rings is 1. The first-order valence-corrected chi connectivity index (χ1v) is 6.15. The van der Waals surface area contributed by atoms with Gasteiger partial charge in [0.25, 0.3) is 0 Å². The number of hydrogen-bond acceptors (Lipinski definition) is 4. The van der Waals surface area contributed by atoms with Crippen molar-refractivity contribution in [3.05, 3.63) is 29.8 Å². The predicted octanol–water partition coefficient (Wildman–Crippen LogP) is 1.78. The van der Waals surface area contributed by atoms with E-state index in [-0.39, 0.29) is 11.1 Å². The summed E-state index contributed by atoms with van der Waals surface area (Å²) in [6.07, 6.45) is 0. The fourth-order valence-electron chi connectivity index (χ4n) is 1.69. The zero-order valence-corrected chi connectivity index (χ0v) is 11.6. The van der Waals surface area contributed by atoms with Crippen molar-refractivity contribution in [3.8, 4) is 5.75 Å². The molecule has 5 heteroatoms. The van der Waals surface area contributed by atoms with E-state index in [1.54, 1.807) is 19.2 Å². The maximum atomic E-state index is 10.8. The smallest absolute Gasteiger partial charge is 0.335 e. The van der Waals surface area contributed by atoms with Gasteiger partial charge in [-0.15, -0.1) is 0 Å². The number of rotatable bonds is 8. The number of aromatic carboxylic acids is 1. The molecule has 0 bridgehead atoms. The molecule has 1 rings (SSSR count). The van der Waals surface area contributed by atoms with Crippen LogP contribution in [0.5, 0.6) is 5.75 Å². The quantitative estimate of drug-likeness (QED) is 0.703. The molecule has 0 amide bonds. The number of hydrogen-bond donors (Lipinski definition) is 2. The summed E-state index contributed by atoms with van der Waals surface area (Å²) in [5.41, 5.74) is 0.117. The molecule has 0 saturated heterocycles. The average molecular weight is 267 g/mol. The first kappa shape index (κ1) is 15.5. The van der Waals surface area contributed by atoms with Gasteiger partial charge in [-0.25, -0.2) is 4.79 Å². The molecule has 19 heavy (non-hydrogen) atoms. The summed E-state index contributed by atoms with van der Waals surface area (Å²) in [7, 11) is 1.66. The van der Waals surface area contributed by atoms with Crippen molar-refractivity contribution in [2.75, 3.05) is 26.9 Å². The number of methoxy groups -OCH3 is 1. The number of carboxylic acids is 1. The number of carboxylic acid groups (broad SMARTS) is 1. The van der Waals surface area contributed by atoms with E-state index < -0.39 is 5.97 Å². The van der Waals surface area contributed by atoms with Crippen molar-refractivity contribution in [3.63, 3.8) is 0 Å². The third-order valence-electron chi connectivity index (χ3n) is 2.56. The molecular weight excluding hydrogens is 246 g/mol. The Morgan fingerprint density at radius 2 is 2.16 bits per heavy atom. The third kappa shape index (κ3) is 5.72. The minimum atomic E-state index is -0.954. The minimum absolute atomic E-state index is 0.110. The van der Waals surface area contributed by atoms with Gasteiger partial charge in [0.1, 0.15) is 12.4 Å². The van der Waals surface area contributed by atoms with Crippen molar-refractivity contribution < 1.29 is 19.4 Å². The fourth-order valence-corrected chi connectivity index (χ4v) is 1.69. The van der Waals surface area contributed by atoms with Gasteiger partial charge in [0.15, 0.2) is 0 Å². The van der Waals surface area contributed by atoms with Crippen LogP contribution in [-0.2, 0) is 4.74 Å². The molecular formula is C14H21NO4. The van der Waals surface area contributed by atoms with Crippen LogP contribution in [0.2, 0.25) is 0 Å². The molecule has 106 valence electrons. The van der Waals surface area contributed by atoms with Gasteiger partial charge in [0, 0.05) is 19.2 Å². The van der Waals surface area contributed by atoms with E-state index in [4.69, 9.17) is 14.6 Å². The van der Waals surface area contributed by atoms with Crippen molar-refractivity contribution in [2.45, 2.75) is 19.4 Å². The topological polar surface area (TPSA) is 67.8 Å². The van der Waals surface area contributed by atoms with E-state index in [1.807, 2.05) is 13.8 Å². The molecule has 0 heterocycles. The number of ether oxygens (including phenoxy) is 2. The van der Waals surface area contributed by atoms with Crippen LogP contribution >= 0.6 is 0 Å². The summed E-state index contributed by atoms with van der Waals surface area (Å²) in [5, 5.41) is 12.2. The van der Waals surface area contributed by atoms with Gasteiger partial charge in [0.2, 0.25) is 0 Å². The summed E-state index contributed by atoms with van der Waals surface area (Å²) in [6, 6.07) is 6.46. The van der Waals surface area contributed by atoms with Crippen molar-refractivity contribution in [1.29, 1.82) is 0 Å². The summed E-state index contributed by atoms with van der Waals surface area (Å²) in [5.74, 6) is -0.393. The molecule has 0 radical (unpaired) electrons. The molecule has 0 aromatic heterocycles. The second-order valence-electron chi connectivity index (χ2n) is 4.93. The van der Waals surface area contributed by atoms with E-state index in [2.05, 4.69) is 5.32 Å². The Hall–Kier alpha value is -1.59. The fraction of sp³-hybridized carbons (Fsp3) is 0.500. The van der Waals surface area contributed by atoms with E-state index >= 15 is 0 Å². The lowest BCUT2D eigenvalue weighted by Crippen LogP contribution is -2.45. The maximum absolute atomic E-state index is 10.8. The highest BCUT2D eigenvalue weighted by atomic mass is 16.5. The maximum Gasteiger partial charge on any atom is 0.335 e. The predicted molar refractivity (Wildman–Crippen MR) is 72.9 cm³/mol. The summed E-state index contributed by atoms with van der Waals surface area (Å²) >= 11 is 0. The largest absolute Gasteiger partial charge is 0.492 e. The Balaban J connectivity index is 2.37. The van der Waals surface area contributed by atoms with Crippen LogP contribution in [0.1, 0.15) is 24.2 Å². The molecule has 0 unspecified atom stereocenters. The highest BCUT2D eigenvalue weighted by molar-refractivity contribution is 5.87. The zero-order valence-electron chi connectivity index (χ0n) is 11.6. The second-order valence-corrected chi connectivity index (χ2v) is 4.93. The van der Waals surface area contributed by atoms with Crippen LogP contribution in [0.3, 0.4) is 0 Å². The average Bonchev–Trinajstić information content (AvgIpc) is 2.35. The molecule has 5 nitrogen and oxygen atoms in total. The van der Waals surface area contributed by atoms with Crippen molar-refractivity contribution >= 4 is 5.97 Å². The third-order valence-corrected chi connectivity index (χ3v) is 2.56. The lowest BCUT2D eigenvalue weighted by molar-refractivity contribution is 0.0696. The SMILES string of the molecule is COCC(C)(C)NCCOc1cccc(C(=O)O)c1. The van der Waals surface area contributed by atoms with Gasteiger partial charge >= 0.3 is 5.97 Å². The van der Waals surface area contributed by atoms with Crippen LogP contribution in [0.15, 0.2) is 24.3 Å². The summed E-state index contributed by atoms with van der Waals surface area (Å²) < 4.78 is 10.6. The Morgan fingerprint density at radius 3 is 2.79 bits per heavy atom. The van der Waals surface area contributed by atoms with Gasteiger partial charge in [-0.2, -0.15) is 0 Å². The summed E-state index contributed by atoms with van der Waals surface area (Å²) in [6.45, 7) is 5.83. The monoisotopic (exact) mass is 267 g/mol. The van der Waals surface area contributed by atoms with Gasteiger partial charge < -0.3 is 19.9 Å². The molecule has 1 aromatic rings. The van der Waals surface area contributed by atoms with Gasteiger partial charge in [-0.1, -0.05) is 6.07 Å². The zero-order chi connectivity index (χ0) is 14.3. The minimum Gasteiger partial charge on any atom is -0.492 e. The molecule has 0 fully saturated rings. The van der Waals surface area contributed by atoms with E-state index in [1.165, 1.54) is 12.1 Å². The van der Waals surface area contributed by atoms with Crippen LogP contribution in [0.4, 0.5) is 0 Å². The highest BCUT2D eigenvalue weighted by Crippen LogP contribution is 2.13. The lowest BCUT2D eigenvalue weighted by atomic mass is 10.1. The van der Waals surface area contributed by atoms with Crippen LogP contribution in [0, 0.1) is 0 Å². The molecule has 0 aliphatic heterocycles. The molecule has 0 saturated carbocycles. The van der Waals surface area contributed by atoms with Gasteiger partial charge in [-0.3, -0.25) is 0 Å². The highest BCUT2D eigenvalue weighted by Gasteiger charge is 2.15. The summed E-state index contributed by atoms with van der Waals surface area (Å²) in [4.78, 5) is 10.8. The lowest BCUT2D eigenvalue weighted by Gasteiger charge is -2.25. The van der Waals surface area contributed by atoms with Gasteiger partial charge in [-0.05, 0) is 32.0 Å². The Kier molecular flexibility index (Phi) is 5.79. The van der Waals surface area contributed by atoms with E-state index in [0.29, 0.717) is 25.5 Å². The Morgan fingerprint density at radius 1 is 1.42 bits per heavy atom. The number of nitrogens with one attached hydrogen (secondary N) is 1. The molecule has 1 aromatic carbocycles. The molecule has 0 spiro atoms. The molecule has 0 atom stereocenters. The van der Waals surface area contributed by atoms with Crippen molar-refractivity contribution in [2.24, 2.45) is 0 Å². The van der Waals surface area contributed by atoms with Crippen molar-refractivity contribution in [1.82, 2.24) is 5.32 Å². The van der Waals surface area contributed by atoms with Crippen LogP contribution in [-0.4, -0.2) is 43.5 Å². The molecule has 2 N–H and O–H groups in total. The first-order chi connectivity index (χ1) is 8.94. The van der Waals surface area contributed by atoms with Crippen LogP contribution < -0.4 is 10.1 Å². The van der Waals surface area contributed by atoms with Crippen LogP contribution in [0.25, 0.3) is 0 Å². The van der Waals surface area contributed by atoms with Gasteiger partial charge in [0.05, 0.1) is 12.2 Å². The Bertz CT molecular complexity index is 418. The van der Waals surface area contributed by atoms with E-state index in [9.17, 15) is 4.79 Å².